The highest BCUT2D eigenvalue weighted by Crippen LogP contribution is 2.56. The van der Waals surface area contributed by atoms with Crippen molar-refractivity contribution in [3.8, 4) is 56.2 Å². The average molecular weight is 669 g/mol. The predicted octanol–water partition coefficient (Wildman–Crippen LogP) is 11.2. The first-order valence-corrected chi connectivity index (χ1v) is 17.7. The van der Waals surface area contributed by atoms with Gasteiger partial charge in [-0.2, -0.15) is 0 Å². The summed E-state index contributed by atoms with van der Waals surface area (Å²) in [7, 11) is 0. The van der Waals surface area contributed by atoms with Gasteiger partial charge in [-0.3, -0.25) is 4.98 Å². The maximum absolute atomic E-state index is 5.08. The highest BCUT2D eigenvalue weighted by molar-refractivity contribution is 5.88. The van der Waals surface area contributed by atoms with Crippen molar-refractivity contribution in [3.05, 3.63) is 203 Å². The van der Waals surface area contributed by atoms with Crippen molar-refractivity contribution in [1.29, 1.82) is 0 Å². The zero-order chi connectivity index (χ0) is 35.2. The molecule has 0 aliphatic heterocycles. The smallest absolute Gasteiger partial charge is 0.163 e. The van der Waals surface area contributed by atoms with Gasteiger partial charge in [0.15, 0.2) is 11.6 Å². The van der Waals surface area contributed by atoms with Gasteiger partial charge >= 0.3 is 0 Å². The van der Waals surface area contributed by atoms with Crippen molar-refractivity contribution in [1.82, 2.24) is 19.9 Å². The summed E-state index contributed by atoms with van der Waals surface area (Å²) in [5.41, 5.74) is 15.5. The molecular formula is C48H36N4. The van der Waals surface area contributed by atoms with Gasteiger partial charge in [0.05, 0.1) is 5.41 Å². The lowest BCUT2D eigenvalue weighted by molar-refractivity contribution is 0.768. The third-order valence-corrected chi connectivity index (χ3v) is 10.4. The van der Waals surface area contributed by atoms with E-state index in [4.69, 9.17) is 15.0 Å². The maximum atomic E-state index is 5.08. The lowest BCUT2D eigenvalue weighted by Crippen LogP contribution is -2.28. The molecule has 248 valence electrons. The summed E-state index contributed by atoms with van der Waals surface area (Å²) in [6, 6.07) is 56.6. The quantitative estimate of drug-likeness (QED) is 0.177. The molecule has 0 radical (unpaired) electrons. The van der Waals surface area contributed by atoms with Crippen LogP contribution in [0.25, 0.3) is 56.2 Å². The molecule has 2 heterocycles. The molecule has 52 heavy (non-hydrogen) atoms. The van der Waals surface area contributed by atoms with Gasteiger partial charge in [-0.05, 0) is 88.5 Å². The van der Waals surface area contributed by atoms with Gasteiger partial charge in [0.1, 0.15) is 5.82 Å². The van der Waals surface area contributed by atoms with Gasteiger partial charge in [-0.1, -0.05) is 146 Å². The average Bonchev–Trinajstić information content (AvgIpc) is 3.50. The maximum Gasteiger partial charge on any atom is 0.163 e. The Bertz CT molecular complexity index is 2580. The van der Waals surface area contributed by atoms with Crippen LogP contribution in [0.4, 0.5) is 0 Å². The summed E-state index contributed by atoms with van der Waals surface area (Å²) in [5.74, 6) is 2.01. The lowest BCUT2D eigenvalue weighted by atomic mass is 9.67. The summed E-state index contributed by atoms with van der Waals surface area (Å²) in [6.07, 6.45) is 1.93. The number of pyridine rings is 1. The number of aryl methyl sites for hydroxylation is 3. The normalized spacial score (nSPS) is 14.5. The number of fused-ring (bicyclic) bond motifs is 3. The number of rotatable bonds is 6. The number of nitrogens with zero attached hydrogens (tertiary/aromatic N) is 4. The fourth-order valence-corrected chi connectivity index (χ4v) is 7.91. The topological polar surface area (TPSA) is 51.6 Å². The van der Waals surface area contributed by atoms with E-state index in [1.807, 2.05) is 19.2 Å². The third-order valence-electron chi connectivity index (χ3n) is 10.4. The van der Waals surface area contributed by atoms with Crippen LogP contribution in [-0.4, -0.2) is 19.9 Å². The van der Waals surface area contributed by atoms with Crippen molar-refractivity contribution >= 4 is 0 Å². The second-order valence-corrected chi connectivity index (χ2v) is 13.6. The number of benzene rings is 6. The zero-order valence-electron chi connectivity index (χ0n) is 29.4. The third kappa shape index (κ3) is 5.23. The fraction of sp³-hybridized carbons (Fsp3) is 0.0833. The monoisotopic (exact) mass is 668 g/mol. The number of hydrogen-bond donors (Lipinski definition) is 0. The molecule has 1 aliphatic carbocycles. The van der Waals surface area contributed by atoms with Crippen molar-refractivity contribution < 1.29 is 0 Å². The van der Waals surface area contributed by atoms with Crippen molar-refractivity contribution in [2.24, 2.45) is 0 Å². The predicted molar refractivity (Wildman–Crippen MR) is 211 cm³/mol. The Morgan fingerprint density at radius 1 is 0.404 bits per heavy atom. The minimum Gasteiger partial charge on any atom is -0.261 e. The van der Waals surface area contributed by atoms with Crippen LogP contribution < -0.4 is 0 Å². The fourth-order valence-electron chi connectivity index (χ4n) is 7.91. The molecule has 8 aromatic rings. The van der Waals surface area contributed by atoms with Crippen LogP contribution in [0.2, 0.25) is 0 Å². The first-order valence-electron chi connectivity index (χ1n) is 17.7. The Morgan fingerprint density at radius 3 is 1.71 bits per heavy atom. The van der Waals surface area contributed by atoms with Gasteiger partial charge in [-0.15, -0.1) is 0 Å². The van der Waals surface area contributed by atoms with Crippen LogP contribution in [0.1, 0.15) is 39.3 Å². The Balaban J connectivity index is 1.20. The molecule has 0 saturated carbocycles. The molecule has 0 spiro atoms. The van der Waals surface area contributed by atoms with Gasteiger partial charge < -0.3 is 0 Å². The molecule has 0 saturated heterocycles. The van der Waals surface area contributed by atoms with Crippen molar-refractivity contribution in [2.75, 3.05) is 0 Å². The van der Waals surface area contributed by atoms with Crippen LogP contribution in [0.5, 0.6) is 0 Å². The first kappa shape index (κ1) is 31.5. The summed E-state index contributed by atoms with van der Waals surface area (Å²) >= 11 is 0. The van der Waals surface area contributed by atoms with E-state index in [2.05, 4.69) is 170 Å². The molecular weight excluding hydrogens is 633 g/mol. The van der Waals surface area contributed by atoms with Crippen LogP contribution in [0.3, 0.4) is 0 Å². The van der Waals surface area contributed by atoms with Crippen LogP contribution in [0, 0.1) is 20.8 Å². The molecule has 6 aromatic carbocycles. The van der Waals surface area contributed by atoms with Gasteiger partial charge in [0.2, 0.25) is 0 Å². The molecule has 0 bridgehead atoms. The second kappa shape index (κ2) is 12.7. The Morgan fingerprint density at radius 2 is 0.962 bits per heavy atom. The van der Waals surface area contributed by atoms with E-state index in [9.17, 15) is 0 Å². The second-order valence-electron chi connectivity index (χ2n) is 13.6. The molecule has 2 aromatic heterocycles. The molecule has 1 atom stereocenters. The molecule has 1 aliphatic rings. The highest BCUT2D eigenvalue weighted by atomic mass is 15.0. The minimum absolute atomic E-state index is 0.556. The summed E-state index contributed by atoms with van der Waals surface area (Å²) in [4.78, 5) is 19.4. The molecule has 4 heteroatoms. The zero-order valence-corrected chi connectivity index (χ0v) is 29.4. The summed E-state index contributed by atoms with van der Waals surface area (Å²) in [6.45, 7) is 6.11. The highest BCUT2D eigenvalue weighted by Gasteiger charge is 2.46. The number of hydrogen-bond acceptors (Lipinski definition) is 4. The molecule has 4 nitrogen and oxygen atoms in total. The van der Waals surface area contributed by atoms with Gasteiger partial charge in [0, 0.05) is 28.6 Å². The molecule has 9 rings (SSSR count). The van der Waals surface area contributed by atoms with Crippen LogP contribution >= 0.6 is 0 Å². The van der Waals surface area contributed by atoms with E-state index in [1.165, 1.54) is 38.9 Å². The molecule has 0 fully saturated rings. The molecule has 0 amide bonds. The van der Waals surface area contributed by atoms with Gasteiger partial charge in [-0.25, -0.2) is 15.0 Å². The van der Waals surface area contributed by atoms with E-state index in [0.717, 1.165) is 39.1 Å². The molecule has 0 N–H and O–H groups in total. The van der Waals surface area contributed by atoms with Crippen LogP contribution in [-0.2, 0) is 5.41 Å². The van der Waals surface area contributed by atoms with Crippen LogP contribution in [0.15, 0.2) is 164 Å². The summed E-state index contributed by atoms with van der Waals surface area (Å²) < 4.78 is 0. The lowest BCUT2D eigenvalue weighted by Gasteiger charge is -2.34. The number of aromatic nitrogens is 4. The van der Waals surface area contributed by atoms with Gasteiger partial charge in [0.25, 0.3) is 0 Å². The largest absolute Gasteiger partial charge is 0.261 e. The Kier molecular flexibility index (Phi) is 7.66. The van der Waals surface area contributed by atoms with E-state index >= 15 is 0 Å². The Labute approximate surface area is 304 Å². The van der Waals surface area contributed by atoms with E-state index in [0.29, 0.717) is 17.5 Å². The Hall–Kier alpha value is -6.52. The standard InChI is InChI=1S/C48H36N4/c1-31-28-43(32(2)49-30-31)36-22-25-40(26-23-36)48(39-14-8-5-9-15-39)44-17-11-10-16-41(44)42-27-24-38(29-45(42)48)47-51-33(3)50-46(52-47)37-20-18-35(19-21-37)34-12-6-4-7-13-34/h4-30H,1-3H3. The van der Waals surface area contributed by atoms with E-state index in [1.54, 1.807) is 0 Å². The van der Waals surface area contributed by atoms with E-state index < -0.39 is 5.41 Å². The van der Waals surface area contributed by atoms with E-state index in [-0.39, 0.29) is 0 Å². The van der Waals surface area contributed by atoms with Crippen molar-refractivity contribution in [2.45, 2.75) is 26.2 Å². The summed E-state index contributed by atoms with van der Waals surface area (Å²) in [5, 5.41) is 0. The minimum atomic E-state index is -0.556. The first-order chi connectivity index (χ1) is 25.5. The van der Waals surface area contributed by atoms with Crippen molar-refractivity contribution in [3.63, 3.8) is 0 Å². The molecule has 1 unspecified atom stereocenters. The SMILES string of the molecule is Cc1cnc(C)c(-c2ccc(C3(c4ccccc4)c4ccccc4-c4ccc(-c5nc(C)nc(-c6ccc(-c7ccccc7)cc6)n5)cc43)cc2)c1.